The molecular formula is C12H21N3O2S. The van der Waals surface area contributed by atoms with Crippen LogP contribution < -0.4 is 5.73 Å². The number of unbranched alkanes of at least 4 members (excludes halogenated alkanes) is 1. The lowest BCUT2D eigenvalue weighted by Gasteiger charge is -2.19. The summed E-state index contributed by atoms with van der Waals surface area (Å²) in [6, 6.07) is 3.22. The van der Waals surface area contributed by atoms with Crippen molar-refractivity contribution in [1.82, 2.24) is 9.29 Å². The molecule has 0 fully saturated rings. The van der Waals surface area contributed by atoms with Crippen molar-refractivity contribution in [2.24, 2.45) is 5.73 Å². The molecule has 0 unspecified atom stereocenters. The Kier molecular flexibility index (Phi) is 5.71. The van der Waals surface area contributed by atoms with Crippen LogP contribution >= 0.6 is 0 Å². The highest BCUT2D eigenvalue weighted by Gasteiger charge is 2.23. The lowest BCUT2D eigenvalue weighted by atomic mass is 10.3. The summed E-state index contributed by atoms with van der Waals surface area (Å²) in [5.74, 6) is 0. The van der Waals surface area contributed by atoms with E-state index in [0.29, 0.717) is 19.6 Å². The first kappa shape index (κ1) is 15.1. The van der Waals surface area contributed by atoms with Crippen LogP contribution in [0.25, 0.3) is 0 Å². The van der Waals surface area contributed by atoms with Gasteiger partial charge in [0.15, 0.2) is 5.03 Å². The zero-order chi connectivity index (χ0) is 13.6. The second kappa shape index (κ2) is 6.82. The predicted molar refractivity (Wildman–Crippen MR) is 71.5 cm³/mol. The van der Waals surface area contributed by atoms with Crippen molar-refractivity contribution in [1.29, 1.82) is 0 Å². The average Bonchev–Trinajstić information content (AvgIpc) is 2.39. The maximum absolute atomic E-state index is 12.3. The monoisotopic (exact) mass is 271 g/mol. The van der Waals surface area contributed by atoms with E-state index in [-0.39, 0.29) is 5.03 Å². The normalized spacial score (nSPS) is 12.0. The summed E-state index contributed by atoms with van der Waals surface area (Å²) in [4.78, 5) is 3.99. The third-order valence-electron chi connectivity index (χ3n) is 2.75. The summed E-state index contributed by atoms with van der Waals surface area (Å²) in [5.41, 5.74) is 6.29. The summed E-state index contributed by atoms with van der Waals surface area (Å²) >= 11 is 0. The van der Waals surface area contributed by atoms with Gasteiger partial charge in [0.05, 0.1) is 0 Å². The molecule has 0 amide bonds. The van der Waals surface area contributed by atoms with Gasteiger partial charge in [0.1, 0.15) is 0 Å². The zero-order valence-corrected chi connectivity index (χ0v) is 11.8. The first-order chi connectivity index (χ1) is 8.56. The Morgan fingerprint density at radius 3 is 2.50 bits per heavy atom. The molecule has 0 atom stereocenters. The highest BCUT2D eigenvalue weighted by molar-refractivity contribution is 7.89. The van der Waals surface area contributed by atoms with E-state index >= 15 is 0 Å². The van der Waals surface area contributed by atoms with Crippen molar-refractivity contribution in [3.8, 4) is 0 Å². The lowest BCUT2D eigenvalue weighted by molar-refractivity contribution is 0.417. The zero-order valence-electron chi connectivity index (χ0n) is 11.0. The van der Waals surface area contributed by atoms with Crippen molar-refractivity contribution in [2.75, 3.05) is 13.1 Å². The molecule has 6 heteroatoms. The van der Waals surface area contributed by atoms with Crippen molar-refractivity contribution < 1.29 is 8.42 Å². The van der Waals surface area contributed by atoms with Gasteiger partial charge < -0.3 is 5.73 Å². The number of nitrogens with zero attached hydrogens (tertiary/aromatic N) is 2. The van der Waals surface area contributed by atoms with E-state index in [1.165, 1.54) is 16.6 Å². The second-order valence-corrected chi connectivity index (χ2v) is 5.94. The quantitative estimate of drug-likeness (QED) is 0.812. The summed E-state index contributed by atoms with van der Waals surface area (Å²) in [6.45, 7) is 5.23. The van der Waals surface area contributed by atoms with Crippen LogP contribution in [0, 0.1) is 0 Å². The van der Waals surface area contributed by atoms with E-state index in [4.69, 9.17) is 5.73 Å². The van der Waals surface area contributed by atoms with Gasteiger partial charge in [-0.2, -0.15) is 4.31 Å². The van der Waals surface area contributed by atoms with Gasteiger partial charge in [-0.25, -0.2) is 13.4 Å². The molecule has 0 aliphatic rings. The van der Waals surface area contributed by atoms with E-state index in [9.17, 15) is 8.42 Å². The number of nitrogens with two attached hydrogens (primary N) is 1. The molecule has 0 saturated carbocycles. The van der Waals surface area contributed by atoms with Gasteiger partial charge in [-0.15, -0.1) is 0 Å². The molecule has 18 heavy (non-hydrogen) atoms. The van der Waals surface area contributed by atoms with Crippen LogP contribution in [0.3, 0.4) is 0 Å². The van der Waals surface area contributed by atoms with Crippen LogP contribution in [-0.2, 0) is 16.6 Å². The molecule has 0 aromatic carbocycles. The van der Waals surface area contributed by atoms with Crippen LogP contribution in [0.1, 0.15) is 32.3 Å². The van der Waals surface area contributed by atoms with E-state index in [0.717, 1.165) is 18.4 Å². The molecule has 0 bridgehead atoms. The van der Waals surface area contributed by atoms with E-state index < -0.39 is 10.0 Å². The molecule has 0 aliphatic heterocycles. The first-order valence-corrected chi connectivity index (χ1v) is 7.65. The molecule has 5 nitrogen and oxygen atoms in total. The number of pyridine rings is 1. The summed E-state index contributed by atoms with van der Waals surface area (Å²) < 4.78 is 26.1. The predicted octanol–water partition coefficient (Wildman–Crippen LogP) is 1.35. The van der Waals surface area contributed by atoms with E-state index in [2.05, 4.69) is 4.98 Å². The third kappa shape index (κ3) is 3.51. The molecule has 1 aromatic rings. The molecule has 0 radical (unpaired) electrons. The minimum atomic E-state index is -3.47. The molecule has 0 spiro atoms. The molecule has 1 rings (SSSR count). The van der Waals surface area contributed by atoms with E-state index in [1.807, 2.05) is 13.8 Å². The first-order valence-electron chi connectivity index (χ1n) is 6.21. The van der Waals surface area contributed by atoms with Gasteiger partial charge in [0.25, 0.3) is 10.0 Å². The Morgan fingerprint density at radius 1 is 1.33 bits per heavy atom. The SMILES string of the molecule is CCCCN(CC)S(=O)(=O)c1ccc(CN)cn1. The Hall–Kier alpha value is -0.980. The van der Waals surface area contributed by atoms with Gasteiger partial charge >= 0.3 is 0 Å². The Bertz CT molecular complexity index is 457. The fraction of sp³-hybridized carbons (Fsp3) is 0.583. The lowest BCUT2D eigenvalue weighted by Crippen LogP contribution is -2.32. The largest absolute Gasteiger partial charge is 0.326 e. The standard InChI is InChI=1S/C12H21N3O2S/c1-3-5-8-15(4-2)18(16,17)12-7-6-11(9-13)10-14-12/h6-7,10H,3-5,8-9,13H2,1-2H3. The molecular weight excluding hydrogens is 250 g/mol. The maximum atomic E-state index is 12.3. The highest BCUT2D eigenvalue weighted by Crippen LogP contribution is 2.14. The summed E-state index contributed by atoms with van der Waals surface area (Å²) in [6.07, 6.45) is 3.33. The van der Waals surface area contributed by atoms with Gasteiger partial charge in [-0.05, 0) is 18.1 Å². The minimum Gasteiger partial charge on any atom is -0.326 e. The molecule has 0 saturated heterocycles. The van der Waals surface area contributed by atoms with Gasteiger partial charge in [-0.1, -0.05) is 26.3 Å². The average molecular weight is 271 g/mol. The van der Waals surface area contributed by atoms with Crippen molar-refractivity contribution in [3.63, 3.8) is 0 Å². The molecule has 2 N–H and O–H groups in total. The number of hydrogen-bond acceptors (Lipinski definition) is 4. The Labute approximate surface area is 109 Å². The molecule has 1 heterocycles. The van der Waals surface area contributed by atoms with Crippen molar-refractivity contribution in [3.05, 3.63) is 23.9 Å². The van der Waals surface area contributed by atoms with Crippen LogP contribution in [0.4, 0.5) is 0 Å². The minimum absolute atomic E-state index is 0.0950. The topological polar surface area (TPSA) is 76.3 Å². The number of sulfonamides is 1. The van der Waals surface area contributed by atoms with Crippen molar-refractivity contribution in [2.45, 2.75) is 38.3 Å². The smallest absolute Gasteiger partial charge is 0.260 e. The number of aromatic nitrogens is 1. The third-order valence-corrected chi connectivity index (χ3v) is 4.64. The van der Waals surface area contributed by atoms with Gasteiger partial charge in [0, 0.05) is 25.8 Å². The maximum Gasteiger partial charge on any atom is 0.260 e. The van der Waals surface area contributed by atoms with Gasteiger partial charge in [-0.3, -0.25) is 0 Å². The second-order valence-electron chi connectivity index (χ2n) is 4.06. The van der Waals surface area contributed by atoms with Crippen LogP contribution in [-0.4, -0.2) is 30.8 Å². The number of rotatable bonds is 7. The van der Waals surface area contributed by atoms with Gasteiger partial charge in [0.2, 0.25) is 0 Å². The summed E-state index contributed by atoms with van der Waals surface area (Å²) in [5, 5.41) is 0.0950. The fourth-order valence-electron chi connectivity index (χ4n) is 1.60. The highest BCUT2D eigenvalue weighted by atomic mass is 32.2. The van der Waals surface area contributed by atoms with Crippen molar-refractivity contribution >= 4 is 10.0 Å². The molecule has 1 aromatic heterocycles. The Balaban J connectivity index is 2.95. The molecule has 0 aliphatic carbocycles. The van der Waals surface area contributed by atoms with Crippen LogP contribution in [0.15, 0.2) is 23.4 Å². The Morgan fingerprint density at radius 2 is 2.06 bits per heavy atom. The van der Waals surface area contributed by atoms with E-state index in [1.54, 1.807) is 6.07 Å². The van der Waals surface area contributed by atoms with Crippen LogP contribution in [0.5, 0.6) is 0 Å². The summed E-state index contributed by atoms with van der Waals surface area (Å²) in [7, 11) is -3.47. The fourth-order valence-corrected chi connectivity index (χ4v) is 3.00. The number of hydrogen-bond donors (Lipinski definition) is 1. The molecule has 102 valence electrons. The van der Waals surface area contributed by atoms with Crippen LogP contribution in [0.2, 0.25) is 0 Å².